The topological polar surface area (TPSA) is 88.3 Å². The van der Waals surface area contributed by atoms with E-state index in [-0.39, 0.29) is 5.91 Å². The lowest BCUT2D eigenvalue weighted by Gasteiger charge is -2.44. The second-order valence-corrected chi connectivity index (χ2v) is 6.74. The first-order valence-electron chi connectivity index (χ1n) is 8.51. The Morgan fingerprint density at radius 3 is 2.58 bits per heavy atom. The third-order valence-corrected chi connectivity index (χ3v) is 5.28. The molecule has 128 valence electrons. The van der Waals surface area contributed by atoms with E-state index in [0.29, 0.717) is 16.5 Å². The van der Waals surface area contributed by atoms with E-state index >= 15 is 0 Å². The van der Waals surface area contributed by atoms with Crippen molar-refractivity contribution < 1.29 is 9.59 Å². The van der Waals surface area contributed by atoms with Crippen molar-refractivity contribution in [3.8, 4) is 0 Å². The van der Waals surface area contributed by atoms with Gasteiger partial charge in [0.25, 0.3) is 5.91 Å². The Morgan fingerprint density at radius 2 is 1.92 bits per heavy atom. The minimum absolute atomic E-state index is 0.00491. The van der Waals surface area contributed by atoms with E-state index in [1.54, 1.807) is 24.5 Å². The van der Waals surface area contributed by atoms with Gasteiger partial charge in [-0.3, -0.25) is 14.6 Å². The van der Waals surface area contributed by atoms with Gasteiger partial charge in [-0.15, -0.1) is 0 Å². The molecule has 2 saturated heterocycles. The van der Waals surface area contributed by atoms with Crippen LogP contribution in [0.2, 0.25) is 0 Å². The summed E-state index contributed by atoms with van der Waals surface area (Å²) in [5, 5.41) is 3.41. The van der Waals surface area contributed by atoms with Crippen LogP contribution in [0, 0.1) is 5.41 Å². The molecule has 3 N–H and O–H groups in total. The average molecular weight is 328 g/mol. The lowest BCUT2D eigenvalue weighted by molar-refractivity contribution is -0.113. The first-order valence-corrected chi connectivity index (χ1v) is 8.51. The molecule has 0 atom stereocenters. The zero-order chi connectivity index (χ0) is 17.0. The molecule has 6 heteroatoms. The summed E-state index contributed by atoms with van der Waals surface area (Å²) in [6.45, 7) is 3.75. The zero-order valence-corrected chi connectivity index (χ0v) is 13.8. The molecule has 0 bridgehead atoms. The molecule has 0 aliphatic carbocycles. The van der Waals surface area contributed by atoms with Gasteiger partial charge >= 0.3 is 0 Å². The summed E-state index contributed by atoms with van der Waals surface area (Å²) in [6.07, 6.45) is 10.6. The highest BCUT2D eigenvalue weighted by Crippen LogP contribution is 2.39. The molecule has 0 saturated carbocycles. The summed E-state index contributed by atoms with van der Waals surface area (Å²) < 4.78 is 0. The molecule has 0 aromatic carbocycles. The van der Waals surface area contributed by atoms with Crippen molar-refractivity contribution >= 4 is 17.9 Å². The number of primary amides is 1. The molecule has 2 aliphatic heterocycles. The van der Waals surface area contributed by atoms with E-state index in [1.165, 1.54) is 18.9 Å². The number of nitrogens with zero attached hydrogens (tertiary/aromatic N) is 2. The van der Waals surface area contributed by atoms with Crippen molar-refractivity contribution in [3.63, 3.8) is 0 Å². The van der Waals surface area contributed by atoms with E-state index in [2.05, 4.69) is 10.3 Å². The van der Waals surface area contributed by atoms with E-state index in [0.717, 1.165) is 39.0 Å². The van der Waals surface area contributed by atoms with Gasteiger partial charge in [-0.2, -0.15) is 0 Å². The van der Waals surface area contributed by atoms with Gasteiger partial charge in [0.2, 0.25) is 5.91 Å². The van der Waals surface area contributed by atoms with E-state index < -0.39 is 5.91 Å². The van der Waals surface area contributed by atoms with Crippen LogP contribution in [0.1, 0.15) is 41.6 Å². The van der Waals surface area contributed by atoms with Crippen LogP contribution in [0.15, 0.2) is 24.5 Å². The summed E-state index contributed by atoms with van der Waals surface area (Å²) in [5.41, 5.74) is 6.75. The number of aromatic nitrogens is 1. The standard InChI is InChI=1S/C18H24N4O2/c19-16(23)2-1-14-13-21-8-3-15(14)17(24)22-11-6-18(7-12-22)4-9-20-10-5-18/h1-3,8,13,20H,4-7,9-12H2,(H2,19,23). The van der Waals surface area contributed by atoms with Gasteiger partial charge in [0.15, 0.2) is 0 Å². The third-order valence-electron chi connectivity index (χ3n) is 5.28. The van der Waals surface area contributed by atoms with Crippen molar-refractivity contribution in [1.82, 2.24) is 15.2 Å². The number of carbonyl (C=O) groups excluding carboxylic acids is 2. The monoisotopic (exact) mass is 328 g/mol. The number of hydrogen-bond donors (Lipinski definition) is 2. The van der Waals surface area contributed by atoms with Gasteiger partial charge in [-0.05, 0) is 56.3 Å². The first kappa shape index (κ1) is 16.6. The Labute approximate surface area is 142 Å². The highest BCUT2D eigenvalue weighted by Gasteiger charge is 2.37. The number of hydrogen-bond acceptors (Lipinski definition) is 4. The molecule has 0 radical (unpaired) electrons. The lowest BCUT2D eigenvalue weighted by Crippen LogP contribution is -2.47. The maximum Gasteiger partial charge on any atom is 0.254 e. The maximum atomic E-state index is 12.9. The molecule has 3 heterocycles. The zero-order valence-electron chi connectivity index (χ0n) is 13.8. The smallest absolute Gasteiger partial charge is 0.254 e. The number of nitrogens with two attached hydrogens (primary N) is 1. The van der Waals surface area contributed by atoms with Gasteiger partial charge in [0, 0.05) is 42.7 Å². The Balaban J connectivity index is 1.70. The van der Waals surface area contributed by atoms with Crippen molar-refractivity contribution in [1.29, 1.82) is 0 Å². The van der Waals surface area contributed by atoms with Gasteiger partial charge in [-0.25, -0.2) is 0 Å². The van der Waals surface area contributed by atoms with Crippen LogP contribution in [0.4, 0.5) is 0 Å². The SMILES string of the molecule is NC(=O)C=Cc1cnccc1C(=O)N1CCC2(CCNCC2)CC1. The number of likely N-dealkylation sites (tertiary alicyclic amines) is 1. The maximum absolute atomic E-state index is 12.9. The minimum atomic E-state index is -0.539. The van der Waals surface area contributed by atoms with Crippen molar-refractivity contribution in [2.45, 2.75) is 25.7 Å². The number of piperidine rings is 2. The van der Waals surface area contributed by atoms with E-state index in [1.807, 2.05) is 4.90 Å². The molecule has 2 amide bonds. The number of carbonyl (C=O) groups is 2. The highest BCUT2D eigenvalue weighted by molar-refractivity contribution is 5.99. The minimum Gasteiger partial charge on any atom is -0.366 e. The van der Waals surface area contributed by atoms with Gasteiger partial charge in [0.05, 0.1) is 0 Å². The molecular formula is C18H24N4O2. The van der Waals surface area contributed by atoms with Crippen LogP contribution >= 0.6 is 0 Å². The quantitative estimate of drug-likeness (QED) is 0.816. The number of nitrogens with one attached hydrogen (secondary N) is 1. The van der Waals surface area contributed by atoms with E-state index in [9.17, 15) is 9.59 Å². The Kier molecular flexibility index (Phi) is 4.94. The van der Waals surface area contributed by atoms with Gasteiger partial charge in [0.1, 0.15) is 0 Å². The largest absolute Gasteiger partial charge is 0.366 e. The predicted molar refractivity (Wildman–Crippen MR) is 92.1 cm³/mol. The van der Waals surface area contributed by atoms with Crippen molar-refractivity contribution in [2.75, 3.05) is 26.2 Å². The van der Waals surface area contributed by atoms with Gasteiger partial charge in [-0.1, -0.05) is 0 Å². The molecule has 2 aliphatic rings. The predicted octanol–water partition coefficient (Wildman–Crippen LogP) is 1.19. The lowest BCUT2D eigenvalue weighted by atomic mass is 9.71. The molecule has 1 aromatic rings. The fraction of sp³-hybridized carbons (Fsp3) is 0.500. The molecular weight excluding hydrogens is 304 g/mol. The summed E-state index contributed by atoms with van der Waals surface area (Å²) in [4.78, 5) is 29.8. The molecule has 1 aromatic heterocycles. The Bertz CT molecular complexity index is 640. The van der Waals surface area contributed by atoms with Crippen LogP contribution in [-0.2, 0) is 4.79 Å². The van der Waals surface area contributed by atoms with Crippen LogP contribution in [0.25, 0.3) is 6.08 Å². The first-order chi connectivity index (χ1) is 11.6. The van der Waals surface area contributed by atoms with Crippen molar-refractivity contribution in [2.24, 2.45) is 11.1 Å². The summed E-state index contributed by atoms with van der Waals surface area (Å²) in [5.74, 6) is -0.534. The van der Waals surface area contributed by atoms with Crippen LogP contribution in [0.5, 0.6) is 0 Å². The summed E-state index contributed by atoms with van der Waals surface area (Å²) in [6, 6.07) is 1.71. The molecule has 24 heavy (non-hydrogen) atoms. The number of amides is 2. The Morgan fingerprint density at radius 1 is 1.21 bits per heavy atom. The molecule has 3 rings (SSSR count). The Hall–Kier alpha value is -2.21. The second kappa shape index (κ2) is 7.13. The van der Waals surface area contributed by atoms with E-state index in [4.69, 9.17) is 5.73 Å². The molecule has 0 unspecified atom stereocenters. The fourth-order valence-corrected chi connectivity index (χ4v) is 3.72. The summed E-state index contributed by atoms with van der Waals surface area (Å²) in [7, 11) is 0. The fourth-order valence-electron chi connectivity index (χ4n) is 3.72. The normalized spacial score (nSPS) is 20.4. The van der Waals surface area contributed by atoms with Crippen LogP contribution < -0.4 is 11.1 Å². The van der Waals surface area contributed by atoms with Crippen LogP contribution in [-0.4, -0.2) is 47.9 Å². The van der Waals surface area contributed by atoms with Crippen LogP contribution in [0.3, 0.4) is 0 Å². The highest BCUT2D eigenvalue weighted by atomic mass is 16.2. The third kappa shape index (κ3) is 3.64. The molecule has 2 fully saturated rings. The molecule has 6 nitrogen and oxygen atoms in total. The summed E-state index contributed by atoms with van der Waals surface area (Å²) >= 11 is 0. The average Bonchev–Trinajstić information content (AvgIpc) is 2.61. The number of rotatable bonds is 3. The van der Waals surface area contributed by atoms with Crippen molar-refractivity contribution in [3.05, 3.63) is 35.7 Å². The number of pyridine rings is 1. The molecule has 1 spiro atoms. The van der Waals surface area contributed by atoms with Gasteiger partial charge < -0.3 is 16.0 Å². The second-order valence-electron chi connectivity index (χ2n) is 6.74.